The van der Waals surface area contributed by atoms with Crippen LogP contribution in [0, 0.1) is 6.92 Å². The number of hydrogen-bond donors (Lipinski definition) is 1. The Kier molecular flexibility index (Phi) is 6.93. The Balaban J connectivity index is 2.60. The Labute approximate surface area is 144 Å². The van der Waals surface area contributed by atoms with Crippen LogP contribution in [0.5, 0.6) is 0 Å². The monoisotopic (exact) mass is 351 g/mol. The van der Waals surface area contributed by atoms with Crippen molar-refractivity contribution in [3.8, 4) is 0 Å². The van der Waals surface area contributed by atoms with Gasteiger partial charge in [0, 0.05) is 12.6 Å². The fraction of sp³-hybridized carbons (Fsp3) is 0.389. The predicted octanol–water partition coefficient (Wildman–Crippen LogP) is 3.12. The summed E-state index contributed by atoms with van der Waals surface area (Å²) in [6.07, 6.45) is 4.52. The largest absolute Gasteiger partial charge is 0.457 e. The summed E-state index contributed by atoms with van der Waals surface area (Å²) >= 11 is 0. The molecule has 0 saturated heterocycles. The van der Waals surface area contributed by atoms with Gasteiger partial charge in [0.25, 0.3) is 0 Å². The topological polar surface area (TPSA) is 72.5 Å². The number of esters is 1. The van der Waals surface area contributed by atoms with Gasteiger partial charge in [-0.15, -0.1) is 0 Å². The van der Waals surface area contributed by atoms with Crippen LogP contribution in [0.15, 0.2) is 53.0 Å². The van der Waals surface area contributed by atoms with Crippen LogP contribution in [0.2, 0.25) is 0 Å². The Morgan fingerprint density at radius 2 is 1.79 bits per heavy atom. The van der Waals surface area contributed by atoms with Gasteiger partial charge >= 0.3 is 5.97 Å². The van der Waals surface area contributed by atoms with E-state index in [2.05, 4.69) is 4.72 Å². The van der Waals surface area contributed by atoms with Gasteiger partial charge in [-0.2, -0.15) is 0 Å². The molecule has 0 bridgehead atoms. The molecule has 24 heavy (non-hydrogen) atoms. The Morgan fingerprint density at radius 3 is 2.33 bits per heavy atom. The molecule has 0 aromatic heterocycles. The number of aryl methyl sites for hydroxylation is 1. The minimum absolute atomic E-state index is 0.162. The Bertz CT molecular complexity index is 723. The quantitative estimate of drug-likeness (QED) is 0.485. The van der Waals surface area contributed by atoms with Gasteiger partial charge in [-0.25, -0.2) is 17.9 Å². The summed E-state index contributed by atoms with van der Waals surface area (Å²) in [5.74, 6) is -0.438. The molecule has 0 amide bonds. The van der Waals surface area contributed by atoms with Crippen molar-refractivity contribution >= 4 is 16.0 Å². The molecule has 0 atom stereocenters. The number of nitrogens with one attached hydrogen (secondary N) is 1. The summed E-state index contributed by atoms with van der Waals surface area (Å²) in [4.78, 5) is 11.7. The maximum atomic E-state index is 12.2. The minimum atomic E-state index is -3.54. The molecule has 0 aliphatic carbocycles. The third-order valence-corrected chi connectivity index (χ3v) is 4.31. The first-order valence-corrected chi connectivity index (χ1v) is 9.11. The third-order valence-electron chi connectivity index (χ3n) is 2.89. The lowest BCUT2D eigenvalue weighted by Crippen LogP contribution is -2.25. The van der Waals surface area contributed by atoms with E-state index in [-0.39, 0.29) is 11.4 Å². The van der Waals surface area contributed by atoms with Crippen LogP contribution in [0.25, 0.3) is 0 Å². The number of carbonyl (C=O) groups excluding carboxylic acids is 1. The highest BCUT2D eigenvalue weighted by molar-refractivity contribution is 7.89. The average molecular weight is 351 g/mol. The molecule has 1 rings (SSSR count). The summed E-state index contributed by atoms with van der Waals surface area (Å²) in [6.45, 7) is 9.21. The molecule has 0 unspecified atom stereocenters. The van der Waals surface area contributed by atoms with Crippen molar-refractivity contribution in [2.75, 3.05) is 6.54 Å². The molecule has 132 valence electrons. The summed E-state index contributed by atoms with van der Waals surface area (Å²) in [5, 5.41) is 0. The first-order valence-electron chi connectivity index (χ1n) is 7.63. The number of benzene rings is 1. The van der Waals surface area contributed by atoms with Crippen molar-refractivity contribution in [3.05, 3.63) is 53.6 Å². The lowest BCUT2D eigenvalue weighted by atomic mass is 10.2. The first kappa shape index (κ1) is 20.1. The average Bonchev–Trinajstić information content (AvgIpc) is 2.44. The van der Waals surface area contributed by atoms with Gasteiger partial charge in [0.15, 0.2) is 0 Å². The normalized spacial score (nSPS) is 13.3. The number of ether oxygens (including phenoxy) is 1. The van der Waals surface area contributed by atoms with Gasteiger partial charge in [-0.3, -0.25) is 0 Å². The molecule has 0 radical (unpaired) electrons. The molecule has 0 heterocycles. The van der Waals surface area contributed by atoms with Crippen molar-refractivity contribution in [2.45, 2.75) is 45.1 Å². The van der Waals surface area contributed by atoms with Gasteiger partial charge in [-0.1, -0.05) is 35.4 Å². The van der Waals surface area contributed by atoms with Gasteiger partial charge < -0.3 is 4.74 Å². The van der Waals surface area contributed by atoms with Crippen LogP contribution in [-0.4, -0.2) is 26.5 Å². The molecule has 1 N–H and O–H groups in total. The highest BCUT2D eigenvalue weighted by atomic mass is 32.2. The van der Waals surface area contributed by atoms with Crippen LogP contribution < -0.4 is 4.72 Å². The van der Waals surface area contributed by atoms with E-state index in [1.807, 2.05) is 6.92 Å². The van der Waals surface area contributed by atoms with Gasteiger partial charge in [0.05, 0.1) is 4.90 Å². The smallest absolute Gasteiger partial charge is 0.331 e. The van der Waals surface area contributed by atoms with Crippen molar-refractivity contribution in [1.29, 1.82) is 0 Å². The van der Waals surface area contributed by atoms with Crippen LogP contribution in [0.3, 0.4) is 0 Å². The maximum Gasteiger partial charge on any atom is 0.331 e. The maximum absolute atomic E-state index is 12.2. The lowest BCUT2D eigenvalue weighted by molar-refractivity contribution is -0.148. The van der Waals surface area contributed by atoms with E-state index in [1.54, 1.807) is 64.1 Å². The van der Waals surface area contributed by atoms with E-state index >= 15 is 0 Å². The van der Waals surface area contributed by atoms with Crippen LogP contribution in [0.1, 0.15) is 33.3 Å². The molecule has 0 spiro atoms. The van der Waals surface area contributed by atoms with Crippen molar-refractivity contribution in [3.63, 3.8) is 0 Å². The Morgan fingerprint density at radius 1 is 1.21 bits per heavy atom. The molecular weight excluding hydrogens is 326 g/mol. The molecule has 6 heteroatoms. The molecule has 0 fully saturated rings. The predicted molar refractivity (Wildman–Crippen MR) is 95.1 cm³/mol. The molecule has 5 nitrogen and oxygen atoms in total. The molecule has 0 aliphatic heterocycles. The second-order valence-corrected chi connectivity index (χ2v) is 8.31. The fourth-order valence-electron chi connectivity index (χ4n) is 1.70. The van der Waals surface area contributed by atoms with Gasteiger partial charge in [-0.05, 0) is 46.8 Å². The van der Waals surface area contributed by atoms with E-state index < -0.39 is 21.6 Å². The van der Waals surface area contributed by atoms with Gasteiger partial charge in [0.1, 0.15) is 5.60 Å². The third kappa shape index (κ3) is 7.57. The summed E-state index contributed by atoms with van der Waals surface area (Å²) in [7, 11) is -3.54. The molecule has 1 aromatic rings. The number of rotatable bonds is 6. The van der Waals surface area contributed by atoms with Crippen LogP contribution in [0.4, 0.5) is 0 Å². The van der Waals surface area contributed by atoms with Crippen molar-refractivity contribution in [2.24, 2.45) is 0 Å². The van der Waals surface area contributed by atoms with Crippen LogP contribution in [-0.2, 0) is 19.6 Å². The number of hydrogen-bond acceptors (Lipinski definition) is 4. The summed E-state index contributed by atoms with van der Waals surface area (Å²) < 4.78 is 32.0. The van der Waals surface area contributed by atoms with Crippen LogP contribution >= 0.6 is 0 Å². The number of allylic oxidation sites excluding steroid dienone is 2. The zero-order chi connectivity index (χ0) is 18.4. The van der Waals surface area contributed by atoms with Crippen molar-refractivity contribution < 1.29 is 17.9 Å². The highest BCUT2D eigenvalue weighted by Crippen LogP contribution is 2.10. The fourth-order valence-corrected chi connectivity index (χ4v) is 2.77. The zero-order valence-electron chi connectivity index (χ0n) is 14.8. The van der Waals surface area contributed by atoms with E-state index in [4.69, 9.17) is 4.74 Å². The first-order chi connectivity index (χ1) is 11.0. The van der Waals surface area contributed by atoms with E-state index in [1.165, 1.54) is 6.08 Å². The summed E-state index contributed by atoms with van der Waals surface area (Å²) in [5.41, 5.74) is 1.23. The standard InChI is InChI=1S/C18H25NO4S/c1-14-9-11-16(12-10-14)24(21,22)19-13-15(2)7-6-8-17(20)23-18(3,4)5/h6-12,19H,13H2,1-5H3/b8-6+,15-7-. The van der Waals surface area contributed by atoms with E-state index in [0.717, 1.165) is 11.1 Å². The SMILES string of the molecule is C/C(=C/C=C/C(=O)OC(C)(C)C)CNS(=O)(=O)c1ccc(C)cc1. The lowest BCUT2D eigenvalue weighted by Gasteiger charge is -2.17. The zero-order valence-corrected chi connectivity index (χ0v) is 15.6. The van der Waals surface area contributed by atoms with Crippen molar-refractivity contribution in [1.82, 2.24) is 4.72 Å². The van der Waals surface area contributed by atoms with E-state index in [0.29, 0.717) is 0 Å². The molecule has 0 aliphatic rings. The summed E-state index contributed by atoms with van der Waals surface area (Å²) in [6, 6.07) is 6.64. The molecular formula is C18H25NO4S. The highest BCUT2D eigenvalue weighted by Gasteiger charge is 2.14. The van der Waals surface area contributed by atoms with E-state index in [9.17, 15) is 13.2 Å². The number of sulfonamides is 1. The Hall–Kier alpha value is -1.92. The number of carbonyl (C=O) groups is 1. The molecule has 0 saturated carbocycles. The molecule has 1 aromatic carbocycles. The second-order valence-electron chi connectivity index (χ2n) is 6.54. The minimum Gasteiger partial charge on any atom is -0.457 e. The van der Waals surface area contributed by atoms with Gasteiger partial charge in [0.2, 0.25) is 10.0 Å². The second kappa shape index (κ2) is 8.26.